The minimum Gasteiger partial charge on any atom is -0.455 e. The number of amides is 3. The summed E-state index contributed by atoms with van der Waals surface area (Å²) in [6.45, 7) is 0. The summed E-state index contributed by atoms with van der Waals surface area (Å²) in [6, 6.07) is 12.0. The lowest BCUT2D eigenvalue weighted by molar-refractivity contribution is -0.138. The molecule has 0 saturated carbocycles. The molecule has 3 amide bonds. The molecule has 0 aliphatic heterocycles. The summed E-state index contributed by atoms with van der Waals surface area (Å²) in [5.41, 5.74) is -0.551. The van der Waals surface area contributed by atoms with E-state index in [1.54, 1.807) is 24.3 Å². The van der Waals surface area contributed by atoms with Crippen molar-refractivity contribution in [1.82, 2.24) is 10.3 Å². The van der Waals surface area contributed by atoms with Crippen molar-refractivity contribution in [2.45, 2.75) is 6.18 Å². The Morgan fingerprint density at radius 2 is 1.78 bits per heavy atom. The van der Waals surface area contributed by atoms with Crippen LogP contribution in [0.4, 0.5) is 29.3 Å². The molecule has 0 unspecified atom stereocenters. The second-order valence-corrected chi connectivity index (χ2v) is 7.18. The first kappa shape index (κ1) is 23.1. The largest absolute Gasteiger partial charge is 0.455 e. The summed E-state index contributed by atoms with van der Waals surface area (Å²) in [7, 11) is 1.47. The van der Waals surface area contributed by atoms with Gasteiger partial charge in [-0.2, -0.15) is 13.2 Å². The predicted octanol–water partition coefficient (Wildman–Crippen LogP) is 5.66. The van der Waals surface area contributed by atoms with E-state index in [-0.39, 0.29) is 27.3 Å². The molecule has 0 bridgehead atoms. The number of rotatable bonds is 5. The molecule has 32 heavy (non-hydrogen) atoms. The molecule has 0 aliphatic rings. The highest BCUT2D eigenvalue weighted by Gasteiger charge is 2.33. The Kier molecular flexibility index (Phi) is 6.98. The van der Waals surface area contributed by atoms with Crippen molar-refractivity contribution in [1.29, 1.82) is 0 Å². The summed E-state index contributed by atoms with van der Waals surface area (Å²) >= 11 is 2.85. The first-order chi connectivity index (χ1) is 15.2. The van der Waals surface area contributed by atoms with Crippen LogP contribution in [0.5, 0.6) is 11.5 Å². The van der Waals surface area contributed by atoms with Crippen molar-refractivity contribution < 1.29 is 27.5 Å². The van der Waals surface area contributed by atoms with Crippen molar-refractivity contribution in [3.05, 3.63) is 76.5 Å². The van der Waals surface area contributed by atoms with Crippen molar-refractivity contribution in [2.75, 3.05) is 17.7 Å². The van der Waals surface area contributed by atoms with E-state index in [4.69, 9.17) is 4.74 Å². The van der Waals surface area contributed by atoms with Crippen molar-refractivity contribution in [3.63, 3.8) is 0 Å². The monoisotopic (exact) mass is 508 g/mol. The molecular weight excluding hydrogens is 493 g/mol. The van der Waals surface area contributed by atoms with E-state index in [2.05, 4.69) is 36.9 Å². The Hall–Kier alpha value is -3.60. The SMILES string of the molecule is CNC(=O)c1cc(Oc2ccccc2NC(=O)Nc2ccc(Br)c(C(F)(F)F)c2)ccn1. The number of para-hydroxylation sites is 2. The molecule has 0 spiro atoms. The van der Waals surface area contributed by atoms with Crippen LogP contribution in [0.3, 0.4) is 0 Å². The highest BCUT2D eigenvalue weighted by Crippen LogP contribution is 2.36. The van der Waals surface area contributed by atoms with Crippen LogP contribution in [0, 0.1) is 0 Å². The molecule has 0 radical (unpaired) electrons. The lowest BCUT2D eigenvalue weighted by Crippen LogP contribution is -2.20. The van der Waals surface area contributed by atoms with Gasteiger partial charge in [-0.3, -0.25) is 9.78 Å². The van der Waals surface area contributed by atoms with Gasteiger partial charge < -0.3 is 20.7 Å². The highest BCUT2D eigenvalue weighted by molar-refractivity contribution is 9.10. The zero-order chi connectivity index (χ0) is 23.3. The van der Waals surface area contributed by atoms with E-state index < -0.39 is 23.7 Å². The van der Waals surface area contributed by atoms with Crippen LogP contribution in [0.1, 0.15) is 16.1 Å². The van der Waals surface area contributed by atoms with Gasteiger partial charge in [-0.1, -0.05) is 28.1 Å². The topological polar surface area (TPSA) is 92.4 Å². The average Bonchev–Trinajstić information content (AvgIpc) is 2.75. The number of pyridine rings is 1. The van der Waals surface area contributed by atoms with Gasteiger partial charge in [0.1, 0.15) is 11.4 Å². The fourth-order valence-electron chi connectivity index (χ4n) is 2.62. The number of urea groups is 1. The van der Waals surface area contributed by atoms with Crippen molar-refractivity contribution in [3.8, 4) is 11.5 Å². The number of nitrogens with zero attached hydrogens (tertiary/aromatic N) is 1. The molecule has 3 aromatic rings. The number of anilines is 2. The Morgan fingerprint density at radius 3 is 2.50 bits per heavy atom. The third-order valence-corrected chi connectivity index (χ3v) is 4.78. The van der Waals surface area contributed by atoms with Crippen molar-refractivity contribution in [2.24, 2.45) is 0 Å². The fourth-order valence-corrected chi connectivity index (χ4v) is 3.09. The number of hydrogen-bond acceptors (Lipinski definition) is 4. The van der Waals surface area contributed by atoms with Crippen molar-refractivity contribution >= 4 is 39.2 Å². The molecule has 7 nitrogen and oxygen atoms in total. The smallest absolute Gasteiger partial charge is 0.417 e. The number of carbonyl (C=O) groups excluding carboxylic acids is 2. The Bertz CT molecular complexity index is 1160. The van der Waals surface area contributed by atoms with E-state index in [1.807, 2.05) is 0 Å². The van der Waals surface area contributed by atoms with Gasteiger partial charge >= 0.3 is 12.2 Å². The van der Waals surface area contributed by atoms with E-state index in [9.17, 15) is 22.8 Å². The van der Waals surface area contributed by atoms with Crippen LogP contribution in [0.25, 0.3) is 0 Å². The van der Waals surface area contributed by atoms with Crippen LogP contribution in [0.15, 0.2) is 65.3 Å². The van der Waals surface area contributed by atoms with Gasteiger partial charge in [0.15, 0.2) is 5.75 Å². The molecule has 0 atom stereocenters. The zero-order valence-corrected chi connectivity index (χ0v) is 18.0. The number of benzene rings is 2. The predicted molar refractivity (Wildman–Crippen MR) is 116 cm³/mol. The Labute approximate surface area is 189 Å². The number of carbonyl (C=O) groups is 2. The number of ether oxygens (including phenoxy) is 1. The molecule has 1 aromatic heterocycles. The van der Waals surface area contributed by atoms with Gasteiger partial charge in [0.2, 0.25) is 0 Å². The first-order valence-corrected chi connectivity index (χ1v) is 9.86. The number of alkyl halides is 3. The summed E-state index contributed by atoms with van der Waals surface area (Å²) in [6.07, 6.45) is -3.18. The van der Waals surface area contributed by atoms with E-state index >= 15 is 0 Å². The molecule has 3 rings (SSSR count). The maximum Gasteiger partial charge on any atom is 0.417 e. The van der Waals surface area contributed by atoms with Crippen LogP contribution in [-0.4, -0.2) is 24.0 Å². The van der Waals surface area contributed by atoms with Gasteiger partial charge in [-0.05, 0) is 36.4 Å². The zero-order valence-electron chi connectivity index (χ0n) is 16.5. The Morgan fingerprint density at radius 1 is 1.03 bits per heavy atom. The van der Waals surface area contributed by atoms with Gasteiger partial charge in [-0.15, -0.1) is 0 Å². The van der Waals surface area contributed by atoms with Gasteiger partial charge in [-0.25, -0.2) is 4.79 Å². The van der Waals surface area contributed by atoms with E-state index in [1.165, 1.54) is 37.5 Å². The number of nitrogens with one attached hydrogen (secondary N) is 3. The average molecular weight is 509 g/mol. The minimum absolute atomic E-state index is 0.0409. The first-order valence-electron chi connectivity index (χ1n) is 9.07. The molecule has 0 fully saturated rings. The van der Waals surface area contributed by atoms with Gasteiger partial charge in [0, 0.05) is 29.5 Å². The lowest BCUT2D eigenvalue weighted by Gasteiger charge is -2.14. The Balaban J connectivity index is 1.76. The van der Waals surface area contributed by atoms with E-state index in [0.717, 1.165) is 6.07 Å². The minimum atomic E-state index is -4.58. The molecule has 2 aromatic carbocycles. The molecule has 166 valence electrons. The molecule has 0 saturated heterocycles. The summed E-state index contributed by atoms with van der Waals surface area (Å²) in [4.78, 5) is 28.1. The van der Waals surface area contributed by atoms with Crippen LogP contribution < -0.4 is 20.7 Å². The second kappa shape index (κ2) is 9.69. The maximum absolute atomic E-state index is 13.1. The highest BCUT2D eigenvalue weighted by atomic mass is 79.9. The number of halogens is 4. The maximum atomic E-state index is 13.1. The molecule has 0 aliphatic carbocycles. The standard InChI is InChI=1S/C21H16BrF3N4O3/c1-26-19(30)17-11-13(8-9-27-17)32-18-5-3-2-4-16(18)29-20(31)28-12-6-7-15(22)14(10-12)21(23,24)25/h2-11H,1H3,(H,26,30)(H2,28,29,31). The lowest BCUT2D eigenvalue weighted by atomic mass is 10.2. The summed E-state index contributed by atoms with van der Waals surface area (Å²) < 4.78 is 44.8. The fraction of sp³-hybridized carbons (Fsp3) is 0.0952. The number of hydrogen-bond donors (Lipinski definition) is 3. The van der Waals surface area contributed by atoms with Gasteiger partial charge in [0.25, 0.3) is 5.91 Å². The molecule has 3 N–H and O–H groups in total. The summed E-state index contributed by atoms with van der Waals surface area (Å²) in [5.74, 6) is 0.161. The molecule has 1 heterocycles. The third kappa shape index (κ3) is 5.76. The van der Waals surface area contributed by atoms with Crippen LogP contribution >= 0.6 is 15.9 Å². The third-order valence-electron chi connectivity index (χ3n) is 4.08. The van der Waals surface area contributed by atoms with Crippen LogP contribution in [0.2, 0.25) is 0 Å². The van der Waals surface area contributed by atoms with E-state index in [0.29, 0.717) is 5.75 Å². The normalized spacial score (nSPS) is 10.9. The molecular formula is C21H16BrF3N4O3. The number of aromatic nitrogens is 1. The van der Waals surface area contributed by atoms with Gasteiger partial charge in [0.05, 0.1) is 11.3 Å². The quantitative estimate of drug-likeness (QED) is 0.414. The second-order valence-electron chi connectivity index (χ2n) is 6.33. The van der Waals surface area contributed by atoms with Crippen LogP contribution in [-0.2, 0) is 6.18 Å². The molecule has 11 heteroatoms. The summed E-state index contributed by atoms with van der Waals surface area (Å²) in [5, 5.41) is 7.36.